The number of fused-ring (bicyclic) bond motifs is 6. The third kappa shape index (κ3) is 4.37. The number of hydrogen-bond acceptors (Lipinski definition) is 4. The number of allylic oxidation sites excluding steroid dienone is 2. The van der Waals surface area contributed by atoms with Crippen molar-refractivity contribution in [1.82, 2.24) is 5.32 Å². The number of aliphatic carboxylic acids is 1. The molecule has 2 N–H and O–H groups in total. The highest BCUT2D eigenvalue weighted by molar-refractivity contribution is 6.49. The summed E-state index contributed by atoms with van der Waals surface area (Å²) in [5.41, 5.74) is 1.78. The monoisotopic (exact) mass is 565 g/mol. The largest absolute Gasteiger partial charge is 0.481 e. The predicted octanol–water partition coefficient (Wildman–Crippen LogP) is 7.63. The summed E-state index contributed by atoms with van der Waals surface area (Å²) in [4.78, 5) is 37.4. The fourth-order valence-corrected chi connectivity index (χ4v) is 10.8. The van der Waals surface area contributed by atoms with Gasteiger partial charge in [0.15, 0.2) is 0 Å². The van der Waals surface area contributed by atoms with Crippen LogP contribution < -0.4 is 5.32 Å². The quantitative estimate of drug-likeness (QED) is 0.370. The van der Waals surface area contributed by atoms with Crippen molar-refractivity contribution in [2.75, 3.05) is 0 Å². The number of hydrogen-bond donors (Lipinski definition) is 2. The minimum Gasteiger partial charge on any atom is -0.481 e. The molecule has 0 radical (unpaired) electrons. The molecule has 0 aliphatic heterocycles. The van der Waals surface area contributed by atoms with E-state index in [1.165, 1.54) is 38.5 Å². The summed E-state index contributed by atoms with van der Waals surface area (Å²) in [5, 5.41) is 12.7. The van der Waals surface area contributed by atoms with Crippen LogP contribution in [-0.2, 0) is 4.79 Å². The number of carbonyl (C=O) groups excluding carboxylic acids is 2. The van der Waals surface area contributed by atoms with Gasteiger partial charge in [0.25, 0.3) is 0 Å². The van der Waals surface area contributed by atoms with E-state index in [-0.39, 0.29) is 34.8 Å². The molecule has 4 saturated carbocycles. The third-order valence-corrected chi connectivity index (χ3v) is 13.0. The Morgan fingerprint density at radius 2 is 1.65 bits per heavy atom. The van der Waals surface area contributed by atoms with Crippen LogP contribution in [0, 0.1) is 46.3 Å². The van der Waals surface area contributed by atoms with Crippen LogP contribution in [0.2, 0.25) is 0 Å². The van der Waals surface area contributed by atoms with Gasteiger partial charge in [-0.15, -0.1) is 0 Å². The zero-order valence-electron chi connectivity index (χ0n) is 24.2. The lowest BCUT2D eigenvalue weighted by molar-refractivity contribution is -0.137. The highest BCUT2D eigenvalue weighted by Crippen LogP contribution is 2.68. The maximum Gasteiger partial charge on any atom is 0.303 e. The summed E-state index contributed by atoms with van der Waals surface area (Å²) in [7, 11) is 0. The van der Waals surface area contributed by atoms with Gasteiger partial charge >= 0.3 is 5.97 Å². The summed E-state index contributed by atoms with van der Waals surface area (Å²) in [6.45, 7) is 7.38. The van der Waals surface area contributed by atoms with Crippen LogP contribution in [0.5, 0.6) is 0 Å². The smallest absolute Gasteiger partial charge is 0.303 e. The lowest BCUT2D eigenvalue weighted by Gasteiger charge is -2.61. The van der Waals surface area contributed by atoms with Crippen molar-refractivity contribution in [1.29, 1.82) is 0 Å². The van der Waals surface area contributed by atoms with E-state index in [0.29, 0.717) is 39.7 Å². The highest BCUT2D eigenvalue weighted by atomic mass is 35.5. The van der Waals surface area contributed by atoms with Gasteiger partial charge in [-0.25, -0.2) is 0 Å². The first kappa shape index (κ1) is 28.0. The molecule has 5 aliphatic carbocycles. The van der Waals surface area contributed by atoms with Gasteiger partial charge in [0.1, 0.15) is 10.7 Å². The molecule has 6 heteroatoms. The molecule has 0 bridgehead atoms. The second-order valence-electron chi connectivity index (χ2n) is 14.3. The molecule has 4 fully saturated rings. The Morgan fingerprint density at radius 3 is 2.38 bits per heavy atom. The van der Waals surface area contributed by atoms with Gasteiger partial charge in [-0.3, -0.25) is 14.4 Å². The molecule has 0 aromatic heterocycles. The topological polar surface area (TPSA) is 83.5 Å². The first-order valence-electron chi connectivity index (χ1n) is 15.6. The van der Waals surface area contributed by atoms with Crippen molar-refractivity contribution < 1.29 is 19.5 Å². The molecular formula is C34H44ClNO4. The van der Waals surface area contributed by atoms with Crippen molar-refractivity contribution in [2.45, 2.75) is 97.4 Å². The molecule has 0 heterocycles. The molecule has 1 aromatic carbocycles. The first-order chi connectivity index (χ1) is 19.0. The molecule has 5 aliphatic rings. The minimum absolute atomic E-state index is 0.0284. The Hall–Kier alpha value is -2.14. The standard InChI is InChI=1S/C34H44ClNO4/c1-19(8-13-28(37)38)25-11-12-26-24-10-9-20-18-21(14-16-33(20,2)27(24)15-17-34(25,26)3)36-30-29(35)31(39)22-6-4-5-7-23(22)32(30)40/h4-7,19-21,24-27,36H,8-18H2,1-3H3,(H,37,38)/t19?,20-,21-,24?,25?,26?,27?,33+,34-/m1/s1. The summed E-state index contributed by atoms with van der Waals surface area (Å²) in [6.07, 6.45) is 11.8. The minimum atomic E-state index is -0.672. The second-order valence-corrected chi connectivity index (χ2v) is 14.7. The van der Waals surface area contributed by atoms with E-state index in [1.807, 2.05) is 0 Å². The molecule has 9 atom stereocenters. The van der Waals surface area contributed by atoms with E-state index >= 15 is 0 Å². The summed E-state index contributed by atoms with van der Waals surface area (Å²) in [6, 6.07) is 7.11. The summed E-state index contributed by atoms with van der Waals surface area (Å²) < 4.78 is 0. The van der Waals surface area contributed by atoms with Crippen LogP contribution >= 0.6 is 11.6 Å². The molecule has 6 rings (SSSR count). The number of ketones is 2. The van der Waals surface area contributed by atoms with Crippen molar-refractivity contribution in [3.8, 4) is 0 Å². The van der Waals surface area contributed by atoms with E-state index in [9.17, 15) is 19.5 Å². The molecule has 40 heavy (non-hydrogen) atoms. The number of rotatable bonds is 6. The summed E-state index contributed by atoms with van der Waals surface area (Å²) in [5.74, 6) is 2.88. The number of benzene rings is 1. The predicted molar refractivity (Wildman–Crippen MR) is 156 cm³/mol. The number of Topliss-reactive ketones (excluding diaryl/α,β-unsaturated/α-hetero) is 2. The lowest BCUT2D eigenvalue weighted by Crippen LogP contribution is -2.55. The molecule has 0 spiro atoms. The van der Waals surface area contributed by atoms with Crippen molar-refractivity contribution in [2.24, 2.45) is 46.3 Å². The Labute approximate surface area is 243 Å². The van der Waals surface area contributed by atoms with Gasteiger partial charge in [-0.1, -0.05) is 56.6 Å². The third-order valence-electron chi connectivity index (χ3n) is 12.7. The van der Waals surface area contributed by atoms with Crippen LogP contribution in [0.3, 0.4) is 0 Å². The van der Waals surface area contributed by atoms with Gasteiger partial charge < -0.3 is 10.4 Å². The van der Waals surface area contributed by atoms with Crippen LogP contribution in [0.15, 0.2) is 35.0 Å². The molecule has 5 nitrogen and oxygen atoms in total. The zero-order valence-corrected chi connectivity index (χ0v) is 24.9. The van der Waals surface area contributed by atoms with E-state index < -0.39 is 5.97 Å². The Bertz CT molecular complexity index is 1260. The lowest BCUT2D eigenvalue weighted by atomic mass is 9.44. The molecule has 0 saturated heterocycles. The summed E-state index contributed by atoms with van der Waals surface area (Å²) >= 11 is 6.48. The average Bonchev–Trinajstić information content (AvgIpc) is 3.30. The van der Waals surface area contributed by atoms with Crippen molar-refractivity contribution >= 4 is 29.1 Å². The van der Waals surface area contributed by atoms with Crippen LogP contribution in [0.4, 0.5) is 0 Å². The second kappa shape index (κ2) is 10.3. The fourth-order valence-electron chi connectivity index (χ4n) is 10.6. The Balaban J connectivity index is 1.15. The van der Waals surface area contributed by atoms with Crippen LogP contribution in [-0.4, -0.2) is 28.7 Å². The normalized spacial score (nSPS) is 39.6. The van der Waals surface area contributed by atoms with Gasteiger partial charge in [0, 0.05) is 23.6 Å². The number of carboxylic acids is 1. The maximum atomic E-state index is 13.3. The van der Waals surface area contributed by atoms with E-state index in [2.05, 4.69) is 26.1 Å². The number of carbonyl (C=O) groups is 3. The number of halogens is 1. The Kier molecular flexibility index (Phi) is 7.21. The zero-order chi connectivity index (χ0) is 28.4. The molecule has 1 aromatic rings. The maximum absolute atomic E-state index is 13.3. The van der Waals surface area contributed by atoms with E-state index in [4.69, 9.17) is 11.6 Å². The van der Waals surface area contributed by atoms with E-state index in [1.54, 1.807) is 24.3 Å². The van der Waals surface area contributed by atoms with Gasteiger partial charge in [0.2, 0.25) is 11.6 Å². The highest BCUT2D eigenvalue weighted by Gasteiger charge is 2.60. The van der Waals surface area contributed by atoms with Crippen molar-refractivity contribution in [3.63, 3.8) is 0 Å². The first-order valence-corrected chi connectivity index (χ1v) is 16.0. The van der Waals surface area contributed by atoms with Gasteiger partial charge in [-0.05, 0) is 111 Å². The molecule has 0 amide bonds. The molecule has 216 valence electrons. The van der Waals surface area contributed by atoms with Crippen LogP contribution in [0.25, 0.3) is 0 Å². The average molecular weight is 566 g/mol. The van der Waals surface area contributed by atoms with Gasteiger partial charge in [0.05, 0.1) is 0 Å². The number of nitrogens with one attached hydrogen (secondary N) is 1. The Morgan fingerprint density at radius 1 is 0.975 bits per heavy atom. The molecule has 5 unspecified atom stereocenters. The van der Waals surface area contributed by atoms with Crippen LogP contribution in [0.1, 0.15) is 112 Å². The van der Waals surface area contributed by atoms with E-state index in [0.717, 1.165) is 43.4 Å². The number of carboxylic acid groups (broad SMARTS) is 1. The SMILES string of the molecule is CC(CCC(=O)O)C1CCC2C3CC[C@@H]4C[C@H](NC5=C(Cl)C(=O)c6ccccc6C5=O)CC[C@]4(C)C3CC[C@]12C. The van der Waals surface area contributed by atoms with Gasteiger partial charge in [-0.2, -0.15) is 0 Å². The fraction of sp³-hybridized carbons (Fsp3) is 0.676. The van der Waals surface area contributed by atoms with Crippen molar-refractivity contribution in [3.05, 3.63) is 46.1 Å². The molecular weight excluding hydrogens is 522 g/mol.